The highest BCUT2D eigenvalue weighted by Gasteiger charge is 2.46. The van der Waals surface area contributed by atoms with Crippen LogP contribution in [0.2, 0.25) is 10.0 Å². The third-order valence-electron chi connectivity index (χ3n) is 5.68. The fourth-order valence-electron chi connectivity index (χ4n) is 3.80. The number of rotatable bonds is 3. The molecule has 0 radical (unpaired) electrons. The van der Waals surface area contributed by atoms with Crippen LogP contribution in [0.5, 0.6) is 0 Å². The first-order chi connectivity index (χ1) is 13.6. The molecule has 2 aliphatic carbocycles. The number of nitrogens with zero attached hydrogens (tertiary/aromatic N) is 1. The highest BCUT2D eigenvalue weighted by Crippen LogP contribution is 2.46. The molecular formula is C22H22Cl2N2O3. The van der Waals surface area contributed by atoms with Crippen LogP contribution in [0, 0.1) is 23.2 Å². The molecule has 2 aliphatic rings. The number of halogens is 2. The van der Waals surface area contributed by atoms with Crippen LogP contribution < -0.4 is 5.73 Å². The van der Waals surface area contributed by atoms with E-state index in [9.17, 15) is 15.0 Å². The fraction of sp³-hybridized carbons (Fsp3) is 0.364. The second kappa shape index (κ2) is 8.33. The van der Waals surface area contributed by atoms with Crippen molar-refractivity contribution in [2.75, 3.05) is 0 Å². The lowest BCUT2D eigenvalue weighted by Crippen LogP contribution is -2.46. The van der Waals surface area contributed by atoms with E-state index in [4.69, 9.17) is 34.2 Å². The Morgan fingerprint density at radius 3 is 1.62 bits per heavy atom. The van der Waals surface area contributed by atoms with Crippen LogP contribution in [-0.2, 0) is 16.0 Å². The van der Waals surface area contributed by atoms with Gasteiger partial charge in [-0.1, -0.05) is 47.5 Å². The van der Waals surface area contributed by atoms with Crippen molar-refractivity contribution < 1.29 is 15.0 Å². The van der Waals surface area contributed by atoms with Gasteiger partial charge >= 0.3 is 0 Å². The number of carbonyl (C=O) groups excluding carboxylic acids is 1. The Bertz CT molecular complexity index is 911. The van der Waals surface area contributed by atoms with Crippen LogP contribution in [0.15, 0.2) is 48.5 Å². The first-order valence-electron chi connectivity index (χ1n) is 9.31. The molecule has 0 saturated heterocycles. The third kappa shape index (κ3) is 4.73. The van der Waals surface area contributed by atoms with Crippen LogP contribution in [0.1, 0.15) is 36.8 Å². The van der Waals surface area contributed by atoms with Crippen molar-refractivity contribution in [1.29, 1.82) is 5.26 Å². The predicted octanol–water partition coefficient (Wildman–Crippen LogP) is 3.88. The number of hydrogen-bond donors (Lipinski definition) is 3. The van der Waals surface area contributed by atoms with Crippen molar-refractivity contribution in [3.8, 4) is 6.07 Å². The number of aliphatic hydroxyl groups is 2. The molecule has 2 fully saturated rings. The van der Waals surface area contributed by atoms with Gasteiger partial charge < -0.3 is 15.9 Å². The number of amides is 1. The smallest absolute Gasteiger partial charge is 0.220 e. The highest BCUT2D eigenvalue weighted by molar-refractivity contribution is 6.30. The van der Waals surface area contributed by atoms with Crippen molar-refractivity contribution in [2.24, 2.45) is 17.6 Å². The molecule has 29 heavy (non-hydrogen) atoms. The van der Waals surface area contributed by atoms with E-state index in [0.717, 1.165) is 11.1 Å². The zero-order valence-corrected chi connectivity index (χ0v) is 17.2. The Balaban J connectivity index is 0.000000166. The Kier molecular flexibility index (Phi) is 6.21. The summed E-state index contributed by atoms with van der Waals surface area (Å²) >= 11 is 11.5. The SMILES string of the molecule is N#CC1CC(O)(c2ccc(Cl)cc2)C1.NC(=O)C1CC(O)(c2ccc(Cl)cc2)C1. The molecule has 0 aromatic heterocycles. The van der Waals surface area contributed by atoms with E-state index >= 15 is 0 Å². The molecule has 0 spiro atoms. The largest absolute Gasteiger partial charge is 0.385 e. The van der Waals surface area contributed by atoms with E-state index in [2.05, 4.69) is 6.07 Å². The standard InChI is InChI=1S/C11H12ClNO2.C11H10ClNO/c12-9-3-1-8(2-4-9)11(15)5-7(6-11)10(13)14;12-10-3-1-9(2-4-10)11(14)5-8(6-11)7-13/h1-4,7,15H,5-6H2,(H2,13,14);1-4,8,14H,5-6H2. The summed E-state index contributed by atoms with van der Waals surface area (Å²) in [5.74, 6) is -0.546. The zero-order valence-electron chi connectivity index (χ0n) is 15.7. The van der Waals surface area contributed by atoms with E-state index < -0.39 is 11.2 Å². The Morgan fingerprint density at radius 2 is 1.28 bits per heavy atom. The molecular weight excluding hydrogens is 411 g/mol. The quantitative estimate of drug-likeness (QED) is 0.683. The maximum absolute atomic E-state index is 10.8. The van der Waals surface area contributed by atoms with Crippen LogP contribution >= 0.6 is 23.2 Å². The summed E-state index contributed by atoms with van der Waals surface area (Å²) in [6, 6.07) is 16.3. The molecule has 2 aromatic rings. The Labute approximate surface area is 179 Å². The highest BCUT2D eigenvalue weighted by atomic mass is 35.5. The summed E-state index contributed by atoms with van der Waals surface area (Å²) in [5, 5.41) is 30.1. The monoisotopic (exact) mass is 432 g/mol. The van der Waals surface area contributed by atoms with E-state index in [1.165, 1.54) is 0 Å². The molecule has 0 unspecified atom stereocenters. The molecule has 4 rings (SSSR count). The van der Waals surface area contributed by atoms with Gasteiger partial charge in [-0.3, -0.25) is 4.79 Å². The predicted molar refractivity (Wildman–Crippen MR) is 111 cm³/mol. The van der Waals surface area contributed by atoms with Crippen molar-refractivity contribution in [1.82, 2.24) is 0 Å². The van der Waals surface area contributed by atoms with Crippen molar-refractivity contribution in [3.05, 3.63) is 69.7 Å². The summed E-state index contributed by atoms with van der Waals surface area (Å²) in [6.07, 6.45) is 1.88. The van der Waals surface area contributed by atoms with Crippen LogP contribution in [0.25, 0.3) is 0 Å². The van der Waals surface area contributed by atoms with Gasteiger partial charge in [-0.25, -0.2) is 0 Å². The number of primary amides is 1. The average molecular weight is 433 g/mol. The van der Waals surface area contributed by atoms with Gasteiger partial charge in [0.25, 0.3) is 0 Å². The zero-order chi connectivity index (χ0) is 21.2. The molecule has 5 nitrogen and oxygen atoms in total. The maximum Gasteiger partial charge on any atom is 0.220 e. The van der Waals surface area contributed by atoms with Gasteiger partial charge in [-0.15, -0.1) is 0 Å². The Hall–Kier alpha value is -2.10. The number of carbonyl (C=O) groups is 1. The van der Waals surface area contributed by atoms with Crippen LogP contribution in [0.4, 0.5) is 0 Å². The number of hydrogen-bond acceptors (Lipinski definition) is 4. The number of nitriles is 1. The minimum absolute atomic E-state index is 0.00400. The summed E-state index contributed by atoms with van der Waals surface area (Å²) in [4.78, 5) is 10.8. The maximum atomic E-state index is 10.8. The normalized spacial score (nSPS) is 30.0. The van der Waals surface area contributed by atoms with Gasteiger partial charge in [0, 0.05) is 16.0 Å². The van der Waals surface area contributed by atoms with E-state index in [0.29, 0.717) is 35.7 Å². The van der Waals surface area contributed by atoms with Crippen molar-refractivity contribution in [3.63, 3.8) is 0 Å². The first kappa shape index (κ1) is 21.6. The van der Waals surface area contributed by atoms with Crippen molar-refractivity contribution >= 4 is 29.1 Å². The summed E-state index contributed by atoms with van der Waals surface area (Å²) in [7, 11) is 0. The molecule has 2 aromatic carbocycles. The number of nitrogens with two attached hydrogens (primary N) is 1. The fourth-order valence-corrected chi connectivity index (χ4v) is 4.05. The minimum atomic E-state index is -0.899. The van der Waals surface area contributed by atoms with E-state index in [-0.39, 0.29) is 17.7 Å². The molecule has 0 atom stereocenters. The molecule has 2 saturated carbocycles. The minimum Gasteiger partial charge on any atom is -0.385 e. The van der Waals surface area contributed by atoms with Gasteiger partial charge in [0.2, 0.25) is 5.91 Å². The lowest BCUT2D eigenvalue weighted by atomic mass is 9.67. The van der Waals surface area contributed by atoms with Crippen LogP contribution in [0.3, 0.4) is 0 Å². The summed E-state index contributed by atoms with van der Waals surface area (Å²) in [5.41, 5.74) is 5.10. The third-order valence-corrected chi connectivity index (χ3v) is 6.19. The second-order valence-corrected chi connectivity index (χ2v) is 8.69. The Morgan fingerprint density at radius 1 is 0.897 bits per heavy atom. The van der Waals surface area contributed by atoms with Crippen LogP contribution in [-0.4, -0.2) is 16.1 Å². The van der Waals surface area contributed by atoms with Gasteiger partial charge in [-0.2, -0.15) is 5.26 Å². The molecule has 4 N–H and O–H groups in total. The molecule has 152 valence electrons. The van der Waals surface area contributed by atoms with Gasteiger partial charge in [0.1, 0.15) is 0 Å². The average Bonchev–Trinajstić information content (AvgIpc) is 2.64. The van der Waals surface area contributed by atoms with Gasteiger partial charge in [-0.05, 0) is 61.1 Å². The van der Waals surface area contributed by atoms with E-state index in [1.54, 1.807) is 36.4 Å². The van der Waals surface area contributed by atoms with Gasteiger partial charge in [0.05, 0.1) is 23.2 Å². The lowest BCUT2D eigenvalue weighted by molar-refractivity contribution is -0.139. The summed E-state index contributed by atoms with van der Waals surface area (Å²) < 4.78 is 0. The van der Waals surface area contributed by atoms with Crippen molar-refractivity contribution in [2.45, 2.75) is 36.9 Å². The molecule has 7 heteroatoms. The molecule has 1 amide bonds. The molecule has 0 heterocycles. The topological polar surface area (TPSA) is 107 Å². The molecule has 0 bridgehead atoms. The summed E-state index contributed by atoms with van der Waals surface area (Å²) in [6.45, 7) is 0. The second-order valence-electron chi connectivity index (χ2n) is 7.82. The first-order valence-corrected chi connectivity index (χ1v) is 10.1. The number of benzene rings is 2. The molecule has 0 aliphatic heterocycles. The van der Waals surface area contributed by atoms with Gasteiger partial charge in [0.15, 0.2) is 0 Å². The van der Waals surface area contributed by atoms with E-state index in [1.807, 2.05) is 12.1 Å². The lowest BCUT2D eigenvalue weighted by Gasteiger charge is -2.42.